The van der Waals surface area contributed by atoms with Gasteiger partial charge < -0.3 is 20.0 Å². The molecule has 0 saturated carbocycles. The Hall–Kier alpha value is -3.58. The zero-order chi connectivity index (χ0) is 22.5. The predicted octanol–water partition coefficient (Wildman–Crippen LogP) is 3.84. The van der Waals surface area contributed by atoms with Crippen LogP contribution in [0.15, 0.2) is 71.3 Å². The van der Waals surface area contributed by atoms with E-state index in [9.17, 15) is 9.59 Å². The van der Waals surface area contributed by atoms with E-state index in [0.29, 0.717) is 18.7 Å². The van der Waals surface area contributed by atoms with Crippen molar-refractivity contribution in [3.8, 4) is 0 Å². The van der Waals surface area contributed by atoms with E-state index < -0.39 is 0 Å². The summed E-state index contributed by atoms with van der Waals surface area (Å²) in [6.07, 6.45) is 2.85. The van der Waals surface area contributed by atoms with Crippen molar-refractivity contribution in [1.82, 2.24) is 10.2 Å². The molecule has 0 saturated heterocycles. The summed E-state index contributed by atoms with van der Waals surface area (Å²) in [5.74, 6) is 0.881. The molecule has 3 aromatic rings. The average molecular weight is 433 g/mol. The van der Waals surface area contributed by atoms with Crippen LogP contribution in [-0.2, 0) is 17.6 Å². The third kappa shape index (κ3) is 5.00. The lowest BCUT2D eigenvalue weighted by molar-refractivity contribution is -0.117. The van der Waals surface area contributed by atoms with Crippen molar-refractivity contribution in [2.24, 2.45) is 0 Å². The van der Waals surface area contributed by atoms with Crippen LogP contribution in [0.3, 0.4) is 0 Å². The molecule has 7 nitrogen and oxygen atoms in total. The molecule has 1 aliphatic heterocycles. The first-order chi connectivity index (χ1) is 15.5. The molecule has 1 unspecified atom stereocenters. The zero-order valence-corrected chi connectivity index (χ0v) is 18.4. The fourth-order valence-electron chi connectivity index (χ4n) is 3.96. The van der Waals surface area contributed by atoms with E-state index >= 15 is 0 Å². The van der Waals surface area contributed by atoms with E-state index in [0.717, 1.165) is 30.0 Å². The predicted molar refractivity (Wildman–Crippen MR) is 125 cm³/mol. The van der Waals surface area contributed by atoms with Crippen LogP contribution >= 0.6 is 0 Å². The SMILES string of the molecule is CN(C)C(CNC(=O)Nc1ccc(CC(=O)N2CCc3ccccc32)cc1)c1ccco1. The average Bonchev–Trinajstić information content (AvgIpc) is 3.45. The molecule has 7 heteroatoms. The lowest BCUT2D eigenvalue weighted by Crippen LogP contribution is -2.36. The molecule has 0 fully saturated rings. The molecule has 0 spiro atoms. The van der Waals surface area contributed by atoms with Crippen LogP contribution in [0.2, 0.25) is 0 Å². The van der Waals surface area contributed by atoms with Crippen molar-refractivity contribution in [2.75, 3.05) is 37.4 Å². The normalized spacial score (nSPS) is 13.7. The van der Waals surface area contributed by atoms with Gasteiger partial charge in [0.2, 0.25) is 5.91 Å². The van der Waals surface area contributed by atoms with Crippen LogP contribution in [0.5, 0.6) is 0 Å². The highest BCUT2D eigenvalue weighted by Gasteiger charge is 2.24. The van der Waals surface area contributed by atoms with Gasteiger partial charge >= 0.3 is 6.03 Å². The Morgan fingerprint density at radius 1 is 1.06 bits per heavy atom. The maximum Gasteiger partial charge on any atom is 0.319 e. The number of nitrogens with one attached hydrogen (secondary N) is 2. The number of amides is 3. The second kappa shape index (κ2) is 9.70. The molecule has 0 bridgehead atoms. The summed E-state index contributed by atoms with van der Waals surface area (Å²) in [7, 11) is 3.88. The highest BCUT2D eigenvalue weighted by atomic mass is 16.3. The molecule has 3 amide bonds. The van der Waals surface area contributed by atoms with Crippen LogP contribution in [0.1, 0.15) is 22.9 Å². The van der Waals surface area contributed by atoms with Gasteiger partial charge in [0.15, 0.2) is 0 Å². The molecule has 32 heavy (non-hydrogen) atoms. The number of rotatable bonds is 7. The van der Waals surface area contributed by atoms with Gasteiger partial charge in [-0.2, -0.15) is 0 Å². The van der Waals surface area contributed by atoms with Gasteiger partial charge in [0.1, 0.15) is 5.76 Å². The fraction of sp³-hybridized carbons (Fsp3) is 0.280. The Balaban J connectivity index is 1.29. The van der Waals surface area contributed by atoms with Crippen LogP contribution in [0.4, 0.5) is 16.2 Å². The van der Waals surface area contributed by atoms with E-state index in [4.69, 9.17) is 4.42 Å². The molecule has 1 aromatic heterocycles. The minimum atomic E-state index is -0.291. The zero-order valence-electron chi connectivity index (χ0n) is 18.4. The lowest BCUT2D eigenvalue weighted by Gasteiger charge is -2.22. The molecule has 0 radical (unpaired) electrons. The smallest absolute Gasteiger partial charge is 0.319 e. The molecule has 4 rings (SSSR count). The molecule has 2 heterocycles. The standard InChI is InChI=1S/C25H28N4O3/c1-28(2)22(23-8-5-15-32-23)17-26-25(31)27-20-11-9-18(10-12-20)16-24(30)29-14-13-19-6-3-4-7-21(19)29/h3-12,15,22H,13-14,16-17H2,1-2H3,(H2,26,27,31). The number of likely N-dealkylation sites (N-methyl/N-ethyl adjacent to an activating group) is 1. The number of furan rings is 1. The number of para-hydroxylation sites is 1. The number of anilines is 2. The van der Waals surface area contributed by atoms with E-state index in [1.807, 2.05) is 78.5 Å². The molecular weight excluding hydrogens is 404 g/mol. The minimum Gasteiger partial charge on any atom is -0.468 e. The Bertz CT molecular complexity index is 1060. The second-order valence-corrected chi connectivity index (χ2v) is 8.13. The van der Waals surface area contributed by atoms with Gasteiger partial charge in [-0.1, -0.05) is 30.3 Å². The molecule has 1 atom stereocenters. The van der Waals surface area contributed by atoms with Crippen molar-refractivity contribution in [2.45, 2.75) is 18.9 Å². The number of urea groups is 1. The van der Waals surface area contributed by atoms with Crippen LogP contribution in [0.25, 0.3) is 0 Å². The summed E-state index contributed by atoms with van der Waals surface area (Å²) in [6.45, 7) is 1.14. The van der Waals surface area contributed by atoms with Crippen LogP contribution in [0, 0.1) is 0 Å². The largest absolute Gasteiger partial charge is 0.468 e. The van der Waals surface area contributed by atoms with Gasteiger partial charge in [0.25, 0.3) is 0 Å². The Morgan fingerprint density at radius 3 is 2.56 bits per heavy atom. The van der Waals surface area contributed by atoms with Crippen molar-refractivity contribution >= 4 is 23.3 Å². The lowest BCUT2D eigenvalue weighted by atomic mass is 10.1. The van der Waals surface area contributed by atoms with E-state index in [1.165, 1.54) is 5.56 Å². The van der Waals surface area contributed by atoms with Crippen LogP contribution < -0.4 is 15.5 Å². The summed E-state index contributed by atoms with van der Waals surface area (Å²) in [5, 5.41) is 5.72. The third-order valence-corrected chi connectivity index (χ3v) is 5.71. The van der Waals surface area contributed by atoms with Gasteiger partial charge in [-0.25, -0.2) is 4.79 Å². The number of carbonyl (C=O) groups is 2. The first-order valence-electron chi connectivity index (χ1n) is 10.7. The van der Waals surface area contributed by atoms with Gasteiger partial charge in [-0.15, -0.1) is 0 Å². The monoisotopic (exact) mass is 432 g/mol. The van der Waals surface area contributed by atoms with Crippen molar-refractivity contribution in [1.29, 1.82) is 0 Å². The van der Waals surface area contributed by atoms with Gasteiger partial charge in [-0.05, 0) is 62.0 Å². The molecule has 1 aliphatic rings. The molecule has 166 valence electrons. The summed E-state index contributed by atoms with van der Waals surface area (Å²) in [5.41, 5.74) is 3.81. The van der Waals surface area contributed by atoms with Gasteiger partial charge in [0, 0.05) is 24.5 Å². The summed E-state index contributed by atoms with van der Waals surface area (Å²) >= 11 is 0. The first kappa shape index (κ1) is 21.6. The maximum absolute atomic E-state index is 12.8. The van der Waals surface area contributed by atoms with Crippen molar-refractivity contribution in [3.63, 3.8) is 0 Å². The Morgan fingerprint density at radius 2 is 1.84 bits per heavy atom. The highest BCUT2D eigenvalue weighted by Crippen LogP contribution is 2.28. The Kier molecular flexibility index (Phi) is 6.56. The van der Waals surface area contributed by atoms with Gasteiger partial charge in [-0.3, -0.25) is 9.69 Å². The highest BCUT2D eigenvalue weighted by molar-refractivity contribution is 5.96. The van der Waals surface area contributed by atoms with Crippen molar-refractivity contribution < 1.29 is 14.0 Å². The fourth-order valence-corrected chi connectivity index (χ4v) is 3.96. The van der Waals surface area contributed by atoms with E-state index in [1.54, 1.807) is 6.26 Å². The second-order valence-electron chi connectivity index (χ2n) is 8.13. The minimum absolute atomic E-state index is 0.0557. The molecule has 2 N–H and O–H groups in total. The summed E-state index contributed by atoms with van der Waals surface area (Å²) in [6, 6.07) is 18.8. The molecular formula is C25H28N4O3. The quantitative estimate of drug-likeness (QED) is 0.595. The number of hydrogen-bond donors (Lipinski definition) is 2. The van der Waals surface area contributed by atoms with Crippen molar-refractivity contribution in [3.05, 3.63) is 83.8 Å². The number of carbonyl (C=O) groups excluding carboxylic acids is 2. The summed E-state index contributed by atoms with van der Waals surface area (Å²) < 4.78 is 5.46. The number of hydrogen-bond acceptors (Lipinski definition) is 4. The number of fused-ring (bicyclic) bond motifs is 1. The van der Waals surface area contributed by atoms with Gasteiger partial charge in [0.05, 0.1) is 18.7 Å². The number of nitrogens with zero attached hydrogens (tertiary/aromatic N) is 2. The number of benzene rings is 2. The van der Waals surface area contributed by atoms with Crippen LogP contribution in [-0.4, -0.2) is 44.0 Å². The van der Waals surface area contributed by atoms with E-state index in [-0.39, 0.29) is 18.0 Å². The summed E-state index contributed by atoms with van der Waals surface area (Å²) in [4.78, 5) is 29.0. The molecule has 0 aliphatic carbocycles. The van der Waals surface area contributed by atoms with E-state index in [2.05, 4.69) is 16.7 Å². The topological polar surface area (TPSA) is 77.8 Å². The Labute approximate surface area is 188 Å². The maximum atomic E-state index is 12.8. The first-order valence-corrected chi connectivity index (χ1v) is 10.7. The molecule has 2 aromatic carbocycles. The third-order valence-electron chi connectivity index (χ3n) is 5.71.